The van der Waals surface area contributed by atoms with E-state index in [4.69, 9.17) is 5.26 Å². The predicted octanol–water partition coefficient (Wildman–Crippen LogP) is 3.26. The van der Waals surface area contributed by atoms with Crippen molar-refractivity contribution in [2.75, 3.05) is 18.5 Å². The second kappa shape index (κ2) is 9.66. The summed E-state index contributed by atoms with van der Waals surface area (Å²) in [7, 11) is 1.92. The van der Waals surface area contributed by atoms with E-state index in [2.05, 4.69) is 11.4 Å². The number of nitrogens with one attached hydrogen (secondary N) is 1. The molecule has 0 spiro atoms. The molecule has 2 aromatic carbocycles. The smallest absolute Gasteiger partial charge is 0.262 e. The summed E-state index contributed by atoms with van der Waals surface area (Å²) in [6, 6.07) is 21.1. The second-order valence-electron chi connectivity index (χ2n) is 5.76. The SMILES string of the molecule is CN(CCC#N)c1ccc(C=C(C#N)C(=O)NCc2ccccc2)cc1. The van der Waals surface area contributed by atoms with Gasteiger partial charge in [-0.15, -0.1) is 0 Å². The van der Waals surface area contributed by atoms with Crippen LogP contribution in [-0.4, -0.2) is 19.5 Å². The molecule has 2 aromatic rings. The van der Waals surface area contributed by atoms with Gasteiger partial charge in [-0.05, 0) is 29.3 Å². The second-order valence-corrected chi connectivity index (χ2v) is 5.76. The molecule has 26 heavy (non-hydrogen) atoms. The maximum Gasteiger partial charge on any atom is 0.262 e. The molecule has 5 nitrogen and oxygen atoms in total. The predicted molar refractivity (Wildman–Crippen MR) is 102 cm³/mol. The first kappa shape index (κ1) is 18.8. The number of hydrogen-bond acceptors (Lipinski definition) is 4. The number of carbonyl (C=O) groups excluding carboxylic acids is 1. The van der Waals surface area contributed by atoms with Crippen molar-refractivity contribution in [1.82, 2.24) is 5.32 Å². The minimum Gasteiger partial charge on any atom is -0.374 e. The molecule has 0 aliphatic rings. The van der Waals surface area contributed by atoms with E-state index in [0.717, 1.165) is 16.8 Å². The van der Waals surface area contributed by atoms with E-state index in [1.807, 2.05) is 72.6 Å². The molecule has 0 aliphatic carbocycles. The Labute approximate surface area is 153 Å². The summed E-state index contributed by atoms with van der Waals surface area (Å²) < 4.78 is 0. The zero-order valence-corrected chi connectivity index (χ0v) is 14.6. The van der Waals surface area contributed by atoms with Crippen LogP contribution in [0.3, 0.4) is 0 Å². The lowest BCUT2D eigenvalue weighted by molar-refractivity contribution is -0.117. The van der Waals surface area contributed by atoms with Gasteiger partial charge >= 0.3 is 0 Å². The van der Waals surface area contributed by atoms with Crippen molar-refractivity contribution in [2.24, 2.45) is 0 Å². The number of benzene rings is 2. The average Bonchev–Trinajstić information content (AvgIpc) is 2.69. The van der Waals surface area contributed by atoms with Crippen molar-refractivity contribution in [1.29, 1.82) is 10.5 Å². The zero-order chi connectivity index (χ0) is 18.8. The molecule has 0 heterocycles. The number of rotatable bonds is 7. The first-order chi connectivity index (χ1) is 12.6. The van der Waals surface area contributed by atoms with Crippen LogP contribution >= 0.6 is 0 Å². The molecule has 0 bridgehead atoms. The Morgan fingerprint density at radius 1 is 1.12 bits per heavy atom. The molecule has 0 aliphatic heterocycles. The van der Waals surface area contributed by atoms with E-state index in [1.54, 1.807) is 6.08 Å². The third-order valence-corrected chi connectivity index (χ3v) is 3.86. The topological polar surface area (TPSA) is 79.9 Å². The lowest BCUT2D eigenvalue weighted by atomic mass is 10.1. The first-order valence-corrected chi connectivity index (χ1v) is 8.26. The number of carbonyl (C=O) groups is 1. The highest BCUT2D eigenvalue weighted by molar-refractivity contribution is 6.01. The van der Waals surface area contributed by atoms with Gasteiger partial charge < -0.3 is 10.2 Å². The van der Waals surface area contributed by atoms with Crippen molar-refractivity contribution in [3.8, 4) is 12.1 Å². The lowest BCUT2D eigenvalue weighted by Crippen LogP contribution is -2.23. The van der Waals surface area contributed by atoms with Gasteiger partial charge in [0.2, 0.25) is 0 Å². The molecule has 1 N–H and O–H groups in total. The third-order valence-electron chi connectivity index (χ3n) is 3.86. The molecule has 1 amide bonds. The van der Waals surface area contributed by atoms with Crippen LogP contribution in [0.5, 0.6) is 0 Å². The van der Waals surface area contributed by atoms with Crippen molar-refractivity contribution < 1.29 is 4.79 Å². The van der Waals surface area contributed by atoms with Gasteiger partial charge in [-0.25, -0.2) is 0 Å². The summed E-state index contributed by atoms with van der Waals surface area (Å²) in [5.41, 5.74) is 2.78. The zero-order valence-electron chi connectivity index (χ0n) is 14.6. The highest BCUT2D eigenvalue weighted by atomic mass is 16.1. The quantitative estimate of drug-likeness (QED) is 0.617. The van der Waals surface area contributed by atoms with E-state index >= 15 is 0 Å². The Kier molecular flexibility index (Phi) is 6.97. The Morgan fingerprint density at radius 3 is 2.42 bits per heavy atom. The number of anilines is 1. The Balaban J connectivity index is 2.02. The molecule has 0 atom stereocenters. The number of amides is 1. The van der Waals surface area contributed by atoms with E-state index in [0.29, 0.717) is 19.5 Å². The molecular formula is C21H20N4O. The van der Waals surface area contributed by atoms with Gasteiger partial charge in [0.25, 0.3) is 5.91 Å². The molecule has 0 saturated heterocycles. The Bertz CT molecular complexity index is 842. The van der Waals surface area contributed by atoms with E-state index in [9.17, 15) is 10.1 Å². The van der Waals surface area contributed by atoms with Crippen LogP contribution in [0.4, 0.5) is 5.69 Å². The monoisotopic (exact) mass is 344 g/mol. The molecule has 2 rings (SSSR count). The van der Waals surface area contributed by atoms with Crippen LogP contribution in [0.25, 0.3) is 6.08 Å². The molecule has 130 valence electrons. The molecular weight excluding hydrogens is 324 g/mol. The Morgan fingerprint density at radius 2 is 1.81 bits per heavy atom. The van der Waals surface area contributed by atoms with Gasteiger partial charge in [-0.1, -0.05) is 42.5 Å². The standard InChI is InChI=1S/C21H20N4O/c1-25(13-5-12-22)20-10-8-17(9-11-20)14-19(15-23)21(26)24-16-18-6-3-2-4-7-18/h2-4,6-11,14H,5,13,16H2,1H3,(H,24,26). The van der Waals surface area contributed by atoms with E-state index < -0.39 is 5.91 Å². The van der Waals surface area contributed by atoms with Crippen LogP contribution in [-0.2, 0) is 11.3 Å². The van der Waals surface area contributed by atoms with Crippen molar-refractivity contribution in [2.45, 2.75) is 13.0 Å². The molecule has 0 unspecified atom stereocenters. The summed E-state index contributed by atoms with van der Waals surface area (Å²) in [5, 5.41) is 20.7. The average molecular weight is 344 g/mol. The molecule has 0 radical (unpaired) electrons. The fourth-order valence-electron chi connectivity index (χ4n) is 2.36. The van der Waals surface area contributed by atoms with Gasteiger partial charge in [0.1, 0.15) is 11.6 Å². The number of nitriles is 2. The Hall–Kier alpha value is -3.57. The minimum absolute atomic E-state index is 0.0616. The third kappa shape index (κ3) is 5.51. The van der Waals surface area contributed by atoms with Gasteiger partial charge in [-0.2, -0.15) is 10.5 Å². The van der Waals surface area contributed by atoms with Crippen molar-refractivity contribution >= 4 is 17.7 Å². The summed E-state index contributed by atoms with van der Waals surface area (Å²) >= 11 is 0. The van der Waals surface area contributed by atoms with Crippen molar-refractivity contribution in [3.05, 3.63) is 71.3 Å². The van der Waals surface area contributed by atoms with Crippen LogP contribution < -0.4 is 10.2 Å². The normalized spacial score (nSPS) is 10.5. The maximum atomic E-state index is 12.2. The fourth-order valence-corrected chi connectivity index (χ4v) is 2.36. The first-order valence-electron chi connectivity index (χ1n) is 8.26. The number of hydrogen-bond donors (Lipinski definition) is 1. The lowest BCUT2D eigenvalue weighted by Gasteiger charge is -2.17. The van der Waals surface area contributed by atoms with Crippen LogP contribution in [0, 0.1) is 22.7 Å². The van der Waals surface area contributed by atoms with Crippen LogP contribution in [0.15, 0.2) is 60.2 Å². The number of nitrogens with zero attached hydrogens (tertiary/aromatic N) is 3. The molecule has 0 saturated carbocycles. The maximum absolute atomic E-state index is 12.2. The van der Waals surface area contributed by atoms with E-state index in [1.165, 1.54) is 0 Å². The summed E-state index contributed by atoms with van der Waals surface area (Å²) in [6.45, 7) is 1.03. The van der Waals surface area contributed by atoms with Crippen LogP contribution in [0.2, 0.25) is 0 Å². The van der Waals surface area contributed by atoms with Gasteiger partial charge in [0.05, 0.1) is 12.5 Å². The minimum atomic E-state index is -0.397. The molecule has 5 heteroatoms. The molecule has 0 fully saturated rings. The summed E-state index contributed by atoms with van der Waals surface area (Å²) in [6.07, 6.45) is 2.03. The molecule has 0 aromatic heterocycles. The van der Waals surface area contributed by atoms with Gasteiger partial charge in [-0.3, -0.25) is 4.79 Å². The van der Waals surface area contributed by atoms with Gasteiger partial charge in [0, 0.05) is 25.8 Å². The van der Waals surface area contributed by atoms with Crippen molar-refractivity contribution in [3.63, 3.8) is 0 Å². The van der Waals surface area contributed by atoms with E-state index in [-0.39, 0.29) is 5.57 Å². The highest BCUT2D eigenvalue weighted by Gasteiger charge is 2.09. The summed E-state index contributed by atoms with van der Waals surface area (Å²) in [5.74, 6) is -0.397. The summed E-state index contributed by atoms with van der Waals surface area (Å²) in [4.78, 5) is 14.2. The van der Waals surface area contributed by atoms with Crippen LogP contribution in [0.1, 0.15) is 17.5 Å². The fraction of sp³-hybridized carbons (Fsp3) is 0.190. The van der Waals surface area contributed by atoms with Gasteiger partial charge in [0.15, 0.2) is 0 Å². The highest BCUT2D eigenvalue weighted by Crippen LogP contribution is 2.16. The largest absolute Gasteiger partial charge is 0.374 e.